The largest absolute Gasteiger partial charge is 0.467 e. The van der Waals surface area contributed by atoms with Crippen LogP contribution in [0.15, 0.2) is 60.7 Å². The number of carbonyl (C=O) groups is 1. The van der Waals surface area contributed by atoms with Crippen molar-refractivity contribution in [1.29, 1.82) is 0 Å². The zero-order valence-corrected chi connectivity index (χ0v) is 14.0. The summed E-state index contributed by atoms with van der Waals surface area (Å²) in [6, 6.07) is 16.7. The van der Waals surface area contributed by atoms with Crippen LogP contribution < -0.4 is 14.8 Å². The SMILES string of the molecule is COC(=O)C(N)P(=O)(Oc1ccccc1)Oc1ccccc1.Cl. The lowest BCUT2D eigenvalue weighted by molar-refractivity contribution is -0.140. The molecular weight excluding hydrogens is 341 g/mol. The Kier molecular flexibility index (Phi) is 7.10. The highest BCUT2D eigenvalue weighted by atomic mass is 35.5. The Labute approximate surface area is 140 Å². The van der Waals surface area contributed by atoms with Crippen LogP contribution in [0.4, 0.5) is 0 Å². The maximum absolute atomic E-state index is 13.0. The molecule has 0 heterocycles. The number of nitrogens with two attached hydrogens (primary N) is 1. The van der Waals surface area contributed by atoms with Gasteiger partial charge >= 0.3 is 13.6 Å². The molecule has 2 aromatic carbocycles. The van der Waals surface area contributed by atoms with E-state index in [1.165, 1.54) is 0 Å². The highest BCUT2D eigenvalue weighted by molar-refractivity contribution is 7.56. The van der Waals surface area contributed by atoms with Crippen molar-refractivity contribution in [2.24, 2.45) is 5.73 Å². The van der Waals surface area contributed by atoms with Gasteiger partial charge in [-0.05, 0) is 24.3 Å². The summed E-state index contributed by atoms with van der Waals surface area (Å²) in [5.74, 6) is -1.88. The predicted octanol–water partition coefficient (Wildman–Crippen LogP) is 3.22. The Bertz CT molecular complexity index is 623. The van der Waals surface area contributed by atoms with Gasteiger partial charge in [-0.3, -0.25) is 0 Å². The normalized spacial score (nSPS) is 11.7. The first-order valence-corrected chi connectivity index (χ1v) is 8.09. The average molecular weight is 358 g/mol. The fraction of sp³-hybridized carbons (Fsp3) is 0.133. The van der Waals surface area contributed by atoms with Crippen LogP contribution >= 0.6 is 20.0 Å². The van der Waals surface area contributed by atoms with Gasteiger partial charge in [-0.15, -0.1) is 12.4 Å². The molecule has 0 radical (unpaired) electrons. The molecule has 0 saturated carbocycles. The van der Waals surface area contributed by atoms with Crippen LogP contribution in [0.5, 0.6) is 11.5 Å². The number of esters is 1. The topological polar surface area (TPSA) is 87.9 Å². The zero-order chi connectivity index (χ0) is 16.0. The van der Waals surface area contributed by atoms with Crippen molar-refractivity contribution in [3.05, 3.63) is 60.7 Å². The van der Waals surface area contributed by atoms with Crippen molar-refractivity contribution in [2.45, 2.75) is 5.78 Å². The summed E-state index contributed by atoms with van der Waals surface area (Å²) >= 11 is 0. The van der Waals surface area contributed by atoms with Gasteiger partial charge in [0.2, 0.25) is 5.78 Å². The summed E-state index contributed by atoms with van der Waals surface area (Å²) in [6.07, 6.45) is 0. The minimum atomic E-state index is -4.02. The van der Waals surface area contributed by atoms with E-state index in [1.807, 2.05) is 0 Å². The Balaban J connectivity index is 0.00000264. The molecule has 0 aromatic heterocycles. The molecule has 0 amide bonds. The summed E-state index contributed by atoms with van der Waals surface area (Å²) in [7, 11) is -2.87. The van der Waals surface area contributed by atoms with Crippen LogP contribution in [0, 0.1) is 0 Å². The summed E-state index contributed by atoms with van der Waals surface area (Å²) < 4.78 is 28.3. The van der Waals surface area contributed by atoms with Gasteiger partial charge in [0.05, 0.1) is 7.11 Å². The Morgan fingerprint density at radius 1 is 0.957 bits per heavy atom. The van der Waals surface area contributed by atoms with Gasteiger partial charge in [-0.1, -0.05) is 36.4 Å². The number of para-hydroxylation sites is 2. The third-order valence-electron chi connectivity index (χ3n) is 2.74. The third-order valence-corrected chi connectivity index (χ3v) is 4.56. The molecule has 2 rings (SSSR count). The van der Waals surface area contributed by atoms with Gasteiger partial charge in [0.1, 0.15) is 11.5 Å². The molecule has 0 fully saturated rings. The fourth-order valence-electron chi connectivity index (χ4n) is 1.64. The lowest BCUT2D eigenvalue weighted by Gasteiger charge is -2.23. The highest BCUT2D eigenvalue weighted by Crippen LogP contribution is 2.51. The monoisotopic (exact) mass is 357 g/mol. The zero-order valence-electron chi connectivity index (χ0n) is 12.3. The Morgan fingerprint density at radius 3 is 1.70 bits per heavy atom. The van der Waals surface area contributed by atoms with Crippen LogP contribution in [0.1, 0.15) is 0 Å². The highest BCUT2D eigenvalue weighted by Gasteiger charge is 2.42. The number of hydrogen-bond acceptors (Lipinski definition) is 6. The smallest absolute Gasteiger partial charge is 0.458 e. The van der Waals surface area contributed by atoms with Crippen molar-refractivity contribution in [1.82, 2.24) is 0 Å². The van der Waals surface area contributed by atoms with Crippen LogP contribution in [0.3, 0.4) is 0 Å². The number of methoxy groups -OCH3 is 1. The first-order chi connectivity index (χ1) is 10.5. The number of ether oxygens (including phenoxy) is 1. The second-order valence-electron chi connectivity index (χ2n) is 4.32. The Hall–Kier alpha value is -2.01. The van der Waals surface area contributed by atoms with Crippen molar-refractivity contribution >= 4 is 26.0 Å². The second-order valence-corrected chi connectivity index (χ2v) is 6.32. The predicted molar refractivity (Wildman–Crippen MR) is 89.0 cm³/mol. The maximum Gasteiger partial charge on any atom is 0.458 e. The van der Waals surface area contributed by atoms with Gasteiger partial charge in [0.25, 0.3) is 0 Å². The quantitative estimate of drug-likeness (QED) is 0.631. The summed E-state index contributed by atoms with van der Waals surface area (Å²) in [4.78, 5) is 11.7. The van der Waals surface area contributed by atoms with Crippen molar-refractivity contribution in [3.63, 3.8) is 0 Å². The van der Waals surface area contributed by atoms with E-state index in [0.29, 0.717) is 0 Å². The van der Waals surface area contributed by atoms with E-state index >= 15 is 0 Å². The first-order valence-electron chi connectivity index (χ1n) is 6.47. The molecule has 0 spiro atoms. The van der Waals surface area contributed by atoms with E-state index in [0.717, 1.165) is 7.11 Å². The number of carbonyl (C=O) groups excluding carboxylic acids is 1. The van der Waals surface area contributed by atoms with Crippen molar-refractivity contribution in [3.8, 4) is 11.5 Å². The average Bonchev–Trinajstić information content (AvgIpc) is 2.55. The van der Waals surface area contributed by atoms with E-state index in [1.54, 1.807) is 60.7 Å². The Morgan fingerprint density at radius 2 is 1.35 bits per heavy atom. The van der Waals surface area contributed by atoms with Crippen LogP contribution in [0.2, 0.25) is 0 Å². The van der Waals surface area contributed by atoms with Crippen molar-refractivity contribution in [2.75, 3.05) is 7.11 Å². The van der Waals surface area contributed by atoms with Gasteiger partial charge in [0.15, 0.2) is 0 Å². The molecule has 2 N–H and O–H groups in total. The molecule has 1 unspecified atom stereocenters. The number of rotatable bonds is 6. The molecule has 6 nitrogen and oxygen atoms in total. The molecule has 23 heavy (non-hydrogen) atoms. The minimum absolute atomic E-state index is 0. The first kappa shape index (κ1) is 19.0. The number of benzene rings is 2. The van der Waals surface area contributed by atoms with Gasteiger partial charge < -0.3 is 19.5 Å². The van der Waals surface area contributed by atoms with E-state index in [-0.39, 0.29) is 23.9 Å². The van der Waals surface area contributed by atoms with Crippen LogP contribution in [-0.2, 0) is 14.1 Å². The summed E-state index contributed by atoms with van der Waals surface area (Å²) in [5, 5.41) is 0. The molecule has 8 heteroatoms. The van der Waals surface area contributed by atoms with Crippen LogP contribution in [0.25, 0.3) is 0 Å². The van der Waals surface area contributed by atoms with E-state index < -0.39 is 19.3 Å². The van der Waals surface area contributed by atoms with Gasteiger partial charge in [0, 0.05) is 0 Å². The van der Waals surface area contributed by atoms with Crippen LogP contribution in [-0.4, -0.2) is 18.9 Å². The molecule has 124 valence electrons. The molecule has 0 bridgehead atoms. The molecule has 0 saturated heterocycles. The van der Waals surface area contributed by atoms with E-state index in [2.05, 4.69) is 4.74 Å². The molecule has 0 aliphatic carbocycles. The lowest BCUT2D eigenvalue weighted by atomic mass is 10.3. The number of hydrogen-bond donors (Lipinski definition) is 1. The van der Waals surface area contributed by atoms with Crippen molar-refractivity contribution < 1.29 is 23.1 Å². The van der Waals surface area contributed by atoms with E-state index in [9.17, 15) is 9.36 Å². The fourth-order valence-corrected chi connectivity index (χ4v) is 3.10. The lowest BCUT2D eigenvalue weighted by Crippen LogP contribution is -2.34. The van der Waals surface area contributed by atoms with Gasteiger partial charge in [-0.25, -0.2) is 9.36 Å². The molecule has 0 aliphatic rings. The third kappa shape index (κ3) is 4.99. The number of halogens is 1. The van der Waals surface area contributed by atoms with E-state index in [4.69, 9.17) is 14.8 Å². The molecule has 0 aliphatic heterocycles. The molecule has 1 atom stereocenters. The summed E-state index contributed by atoms with van der Waals surface area (Å²) in [5.41, 5.74) is 5.71. The maximum atomic E-state index is 13.0. The minimum Gasteiger partial charge on any atom is -0.467 e. The standard InChI is InChI=1S/C15H16NO5P.ClH/c1-19-15(17)14(16)22(18,20-12-8-4-2-5-9-12)21-13-10-6-3-7-11-13;/h2-11,14H,16H2,1H3;1H. The molecular formula is C15H17ClNO5P. The summed E-state index contributed by atoms with van der Waals surface area (Å²) in [6.45, 7) is 0. The second kappa shape index (κ2) is 8.58. The molecule has 2 aromatic rings. The van der Waals surface area contributed by atoms with Gasteiger partial charge in [-0.2, -0.15) is 0 Å².